The lowest BCUT2D eigenvalue weighted by atomic mass is 9.69. The number of aromatic hydroxyl groups is 4. The largest absolute Gasteiger partial charge is 0.508 e. The van der Waals surface area contributed by atoms with Gasteiger partial charge in [0.25, 0.3) is 0 Å². The summed E-state index contributed by atoms with van der Waals surface area (Å²) < 4.78 is 0. The van der Waals surface area contributed by atoms with Crippen molar-refractivity contribution in [2.45, 2.75) is 38.5 Å². The summed E-state index contributed by atoms with van der Waals surface area (Å²) in [6, 6.07) is 32.6. The van der Waals surface area contributed by atoms with E-state index in [1.807, 2.05) is 74.5 Å². The highest BCUT2D eigenvalue weighted by Gasteiger charge is 2.49. The Morgan fingerprint density at radius 3 is 1.45 bits per heavy atom. The van der Waals surface area contributed by atoms with E-state index in [1.54, 1.807) is 48.5 Å². The maximum absolute atomic E-state index is 13.3. The Morgan fingerprint density at radius 2 is 1.04 bits per heavy atom. The van der Waals surface area contributed by atoms with Crippen LogP contribution >= 0.6 is 0 Å². The van der Waals surface area contributed by atoms with E-state index in [0.717, 1.165) is 33.5 Å². The highest BCUT2D eigenvalue weighted by molar-refractivity contribution is 6.11. The molecule has 0 radical (unpaired) electrons. The van der Waals surface area contributed by atoms with Gasteiger partial charge in [-0.25, -0.2) is 4.79 Å². The maximum Gasteiger partial charge on any atom is 0.503 e. The molecule has 0 aliphatic carbocycles. The molecular weight excluding hydrogens is 598 g/mol. The lowest BCUT2D eigenvalue weighted by Gasteiger charge is -2.30. The van der Waals surface area contributed by atoms with E-state index in [0.29, 0.717) is 11.1 Å². The number of anilines is 1. The highest BCUT2D eigenvalue weighted by atomic mass is 16.6. The van der Waals surface area contributed by atoms with Crippen molar-refractivity contribution in [1.82, 2.24) is 0 Å². The normalized spacial score (nSPS) is 12.8. The molecule has 1 aliphatic rings. The zero-order valence-corrected chi connectivity index (χ0v) is 26.4. The fourth-order valence-corrected chi connectivity index (χ4v) is 5.70. The zero-order valence-electron chi connectivity index (χ0n) is 26.4. The van der Waals surface area contributed by atoms with Gasteiger partial charge in [-0.3, -0.25) is 4.79 Å². The Bertz CT molecular complexity index is 1790. The van der Waals surface area contributed by atoms with Crippen LogP contribution in [0.15, 0.2) is 109 Å². The Morgan fingerprint density at radius 1 is 0.638 bits per heavy atom. The molecule has 1 amide bonds. The molecule has 242 valence electrons. The molecule has 9 nitrogen and oxygen atoms in total. The summed E-state index contributed by atoms with van der Waals surface area (Å²) >= 11 is 0. The minimum absolute atomic E-state index is 0.145. The van der Waals surface area contributed by atoms with Crippen molar-refractivity contribution in [2.75, 3.05) is 5.32 Å². The number of amides is 1. The van der Waals surface area contributed by atoms with Crippen LogP contribution in [0.25, 0.3) is 0 Å². The van der Waals surface area contributed by atoms with Gasteiger partial charge >= 0.3 is 6.16 Å². The van der Waals surface area contributed by atoms with Crippen molar-refractivity contribution < 1.29 is 40.2 Å². The van der Waals surface area contributed by atoms with E-state index < -0.39 is 11.6 Å². The van der Waals surface area contributed by atoms with Crippen LogP contribution in [0.3, 0.4) is 0 Å². The molecule has 0 fully saturated rings. The molecular formula is C38H37NO8. The Kier molecular flexibility index (Phi) is 9.80. The molecule has 1 heterocycles. The summed E-state index contributed by atoms with van der Waals surface area (Å²) in [4.78, 5) is 21.9. The summed E-state index contributed by atoms with van der Waals surface area (Å²) in [5.41, 5.74) is 5.66. The van der Waals surface area contributed by atoms with E-state index in [4.69, 9.17) is 15.0 Å². The summed E-state index contributed by atoms with van der Waals surface area (Å²) in [7, 11) is 0. The SMILES string of the molecule is CC(C)(c1ccc(O)cc1)c1ccc(O)cc1.Cc1cc(C2(c3ccc(O)c(C)c3)C(=O)Nc3ccccc32)ccc1O.O=C(O)O. The number of carbonyl (C=O) groups excluding carboxylic acids is 1. The molecule has 0 atom stereocenters. The second-order valence-corrected chi connectivity index (χ2v) is 11.8. The van der Waals surface area contributed by atoms with E-state index in [1.165, 1.54) is 0 Å². The summed E-state index contributed by atoms with van der Waals surface area (Å²) in [6.45, 7) is 7.86. The molecule has 0 unspecified atom stereocenters. The molecule has 9 heteroatoms. The van der Waals surface area contributed by atoms with Gasteiger partial charge in [-0.1, -0.05) is 80.6 Å². The van der Waals surface area contributed by atoms with Gasteiger partial charge in [-0.2, -0.15) is 0 Å². The molecule has 6 rings (SSSR count). The monoisotopic (exact) mass is 635 g/mol. The number of phenols is 4. The van der Waals surface area contributed by atoms with Crippen LogP contribution in [0.2, 0.25) is 0 Å². The van der Waals surface area contributed by atoms with Gasteiger partial charge in [-0.05, 0) is 89.7 Å². The molecule has 0 bridgehead atoms. The lowest BCUT2D eigenvalue weighted by molar-refractivity contribution is -0.118. The van der Waals surface area contributed by atoms with E-state index in [9.17, 15) is 25.2 Å². The lowest BCUT2D eigenvalue weighted by Crippen LogP contribution is -2.37. The topological polar surface area (TPSA) is 168 Å². The van der Waals surface area contributed by atoms with Crippen molar-refractivity contribution in [1.29, 1.82) is 0 Å². The maximum atomic E-state index is 13.3. The van der Waals surface area contributed by atoms with E-state index >= 15 is 0 Å². The van der Waals surface area contributed by atoms with Crippen LogP contribution in [-0.4, -0.2) is 42.7 Å². The van der Waals surface area contributed by atoms with Crippen LogP contribution in [0, 0.1) is 13.8 Å². The summed E-state index contributed by atoms with van der Waals surface area (Å²) in [6.07, 6.45) is -1.83. The number of para-hydroxylation sites is 1. The average Bonchev–Trinajstić information content (AvgIpc) is 3.32. The average molecular weight is 636 g/mol. The number of rotatable bonds is 4. The first kappa shape index (κ1) is 33.9. The molecule has 1 aliphatic heterocycles. The van der Waals surface area contributed by atoms with Crippen molar-refractivity contribution >= 4 is 17.7 Å². The number of phenolic OH excluding ortho intramolecular Hbond substituents is 4. The van der Waals surface area contributed by atoms with Crippen molar-refractivity contribution in [2.24, 2.45) is 0 Å². The number of nitrogens with one attached hydrogen (secondary N) is 1. The van der Waals surface area contributed by atoms with Crippen LogP contribution in [0.4, 0.5) is 10.5 Å². The van der Waals surface area contributed by atoms with Crippen molar-refractivity contribution in [3.05, 3.63) is 148 Å². The standard InChI is InChI=1S/C22H19NO3.C15H16O2.CH2O3/c1-13-11-15(7-9-19(13)24)22(16-8-10-20(25)14(2)12-16)17-5-3-4-6-18(17)23-21(22)26;1-15(2,11-3-7-13(16)8-4-11)12-5-9-14(17)10-6-12;2-1(3)4/h3-12,24-25H,1-2H3,(H,23,26);3-10,16-17H,1-2H3;(H2,2,3,4). The first-order valence-electron chi connectivity index (χ1n) is 14.7. The van der Waals surface area contributed by atoms with Crippen LogP contribution in [-0.2, 0) is 15.6 Å². The van der Waals surface area contributed by atoms with Crippen molar-refractivity contribution in [3.63, 3.8) is 0 Å². The molecule has 47 heavy (non-hydrogen) atoms. The Hall–Kier alpha value is -5.96. The zero-order chi connectivity index (χ0) is 34.5. The molecule has 7 N–H and O–H groups in total. The van der Waals surface area contributed by atoms with Gasteiger partial charge in [0.05, 0.1) is 0 Å². The third kappa shape index (κ3) is 6.99. The van der Waals surface area contributed by atoms with Gasteiger partial charge in [0, 0.05) is 16.7 Å². The van der Waals surface area contributed by atoms with Crippen molar-refractivity contribution in [3.8, 4) is 23.0 Å². The third-order valence-corrected chi connectivity index (χ3v) is 8.36. The number of fused-ring (bicyclic) bond motifs is 1. The molecule has 0 aromatic heterocycles. The second-order valence-electron chi connectivity index (χ2n) is 11.8. The summed E-state index contributed by atoms with van der Waals surface area (Å²) in [5.74, 6) is 0.786. The first-order valence-corrected chi connectivity index (χ1v) is 14.7. The van der Waals surface area contributed by atoms with Crippen LogP contribution in [0.5, 0.6) is 23.0 Å². The fraction of sp³-hybridized carbons (Fsp3) is 0.158. The molecule has 5 aromatic carbocycles. The third-order valence-electron chi connectivity index (χ3n) is 8.36. The van der Waals surface area contributed by atoms with E-state index in [-0.39, 0.29) is 34.3 Å². The predicted molar refractivity (Wildman–Crippen MR) is 180 cm³/mol. The van der Waals surface area contributed by atoms with Crippen LogP contribution < -0.4 is 5.32 Å². The first-order chi connectivity index (χ1) is 22.2. The van der Waals surface area contributed by atoms with Gasteiger partial charge in [0.1, 0.15) is 28.4 Å². The van der Waals surface area contributed by atoms with Gasteiger partial charge in [0.15, 0.2) is 0 Å². The van der Waals surface area contributed by atoms with Gasteiger partial charge in [-0.15, -0.1) is 0 Å². The second kappa shape index (κ2) is 13.6. The highest BCUT2D eigenvalue weighted by Crippen LogP contribution is 2.48. The molecule has 5 aromatic rings. The predicted octanol–water partition coefficient (Wildman–Crippen LogP) is 7.65. The van der Waals surface area contributed by atoms with Gasteiger partial charge in [0.2, 0.25) is 5.91 Å². The smallest absolute Gasteiger partial charge is 0.503 e. The minimum Gasteiger partial charge on any atom is -0.508 e. The number of aryl methyl sites for hydroxylation is 2. The minimum atomic E-state index is -1.83. The summed E-state index contributed by atoms with van der Waals surface area (Å²) in [5, 5.41) is 55.4. The number of hydrogen-bond donors (Lipinski definition) is 7. The molecule has 0 saturated heterocycles. The fourth-order valence-electron chi connectivity index (χ4n) is 5.70. The Balaban J connectivity index is 0.000000205. The number of carboxylic acid groups (broad SMARTS) is 2. The number of carbonyl (C=O) groups is 2. The number of benzene rings is 5. The van der Waals surface area contributed by atoms with E-state index in [2.05, 4.69) is 19.2 Å². The number of hydrogen-bond acceptors (Lipinski definition) is 6. The van der Waals surface area contributed by atoms with Crippen LogP contribution in [0.1, 0.15) is 52.8 Å². The molecule has 0 saturated carbocycles. The molecule has 0 spiro atoms. The van der Waals surface area contributed by atoms with Gasteiger partial charge < -0.3 is 36.0 Å². The quantitative estimate of drug-likeness (QED) is 0.106. The Labute approximate surface area is 272 Å².